The van der Waals surface area contributed by atoms with Gasteiger partial charge in [-0.3, -0.25) is 0 Å². The van der Waals surface area contributed by atoms with E-state index >= 15 is 0 Å². The summed E-state index contributed by atoms with van der Waals surface area (Å²) in [6.07, 6.45) is 1.25. The standard InChI is InChI=1S/C3H8.2Na.H3O4P.2H/c1-3-2;;;1-5(2,3)4;;/h3H2,1-2H3;;;(H3,1,2,3,4);;. The van der Waals surface area contributed by atoms with Crippen molar-refractivity contribution in [2.24, 2.45) is 0 Å². The summed E-state index contributed by atoms with van der Waals surface area (Å²) in [4.78, 5) is 21.6. The molecule has 10 heavy (non-hydrogen) atoms. The van der Waals surface area contributed by atoms with Crippen LogP contribution in [0.15, 0.2) is 0 Å². The molecule has 0 bridgehead atoms. The Morgan fingerprint density at radius 1 is 1.10 bits per heavy atom. The summed E-state index contributed by atoms with van der Waals surface area (Å²) >= 11 is 0. The van der Waals surface area contributed by atoms with Crippen LogP contribution >= 0.6 is 7.82 Å². The van der Waals surface area contributed by atoms with Crippen molar-refractivity contribution in [3.63, 3.8) is 0 Å². The van der Waals surface area contributed by atoms with Crippen LogP contribution in [0.4, 0.5) is 0 Å². The molecule has 7 heteroatoms. The fourth-order valence-corrected chi connectivity index (χ4v) is 0. The second-order valence-corrected chi connectivity index (χ2v) is 2.25. The van der Waals surface area contributed by atoms with E-state index in [0.29, 0.717) is 0 Å². The number of phosphoric acid groups is 1. The Labute approximate surface area is 105 Å². The zero-order valence-electron chi connectivity index (χ0n) is 4.90. The van der Waals surface area contributed by atoms with Gasteiger partial charge < -0.3 is 14.7 Å². The van der Waals surface area contributed by atoms with E-state index < -0.39 is 7.82 Å². The van der Waals surface area contributed by atoms with E-state index in [9.17, 15) is 0 Å². The van der Waals surface area contributed by atoms with Gasteiger partial charge in [-0.15, -0.1) is 0 Å². The molecule has 56 valence electrons. The Hall–Kier alpha value is 2.11. The van der Waals surface area contributed by atoms with Gasteiger partial charge in [-0.25, -0.2) is 4.57 Å². The van der Waals surface area contributed by atoms with Gasteiger partial charge in [0.1, 0.15) is 0 Å². The predicted molar refractivity (Wildman–Crippen MR) is 44.5 cm³/mol. The van der Waals surface area contributed by atoms with Gasteiger partial charge >= 0.3 is 66.9 Å². The molecule has 3 N–H and O–H groups in total. The van der Waals surface area contributed by atoms with E-state index in [1.165, 1.54) is 6.42 Å². The van der Waals surface area contributed by atoms with Crippen LogP contribution < -0.4 is 0 Å². The van der Waals surface area contributed by atoms with Crippen molar-refractivity contribution in [2.45, 2.75) is 20.3 Å². The molecule has 0 aromatic carbocycles. The van der Waals surface area contributed by atoms with Crippen LogP contribution in [0, 0.1) is 0 Å². The van der Waals surface area contributed by atoms with Gasteiger partial charge in [-0.2, -0.15) is 0 Å². The minimum absolute atomic E-state index is 0. The molecule has 0 radical (unpaired) electrons. The Morgan fingerprint density at radius 3 is 1.10 bits per heavy atom. The van der Waals surface area contributed by atoms with Crippen molar-refractivity contribution in [1.82, 2.24) is 0 Å². The summed E-state index contributed by atoms with van der Waals surface area (Å²) in [5, 5.41) is 0. The summed E-state index contributed by atoms with van der Waals surface area (Å²) < 4.78 is 8.88. The fourth-order valence-electron chi connectivity index (χ4n) is 0. The van der Waals surface area contributed by atoms with Crippen molar-refractivity contribution in [1.29, 1.82) is 0 Å². The third-order valence-corrected chi connectivity index (χ3v) is 0. The van der Waals surface area contributed by atoms with Crippen LogP contribution in [0.1, 0.15) is 20.3 Å². The van der Waals surface area contributed by atoms with Gasteiger partial charge in [0.25, 0.3) is 0 Å². The topological polar surface area (TPSA) is 77.8 Å². The first-order valence-corrected chi connectivity index (χ1v) is 3.76. The molecule has 0 aliphatic carbocycles. The first-order valence-electron chi connectivity index (χ1n) is 2.20. The molecule has 0 atom stereocenters. The number of hydrogen-bond donors (Lipinski definition) is 3. The van der Waals surface area contributed by atoms with Gasteiger partial charge in [0, 0.05) is 0 Å². The van der Waals surface area contributed by atoms with Crippen LogP contribution in [0.25, 0.3) is 0 Å². The van der Waals surface area contributed by atoms with Gasteiger partial charge in [-0.05, 0) is 0 Å². The SMILES string of the molecule is CCC.O=P(O)(O)O.[NaH].[NaH]. The first-order chi connectivity index (χ1) is 3.41. The van der Waals surface area contributed by atoms with E-state index in [4.69, 9.17) is 19.2 Å². The third-order valence-electron chi connectivity index (χ3n) is 0. The first kappa shape index (κ1) is 22.7. The molecule has 0 fully saturated rings. The van der Waals surface area contributed by atoms with Crippen molar-refractivity contribution < 1.29 is 19.2 Å². The molecule has 0 spiro atoms. The third kappa shape index (κ3) is 188. The molecule has 0 aromatic rings. The molecule has 0 saturated carbocycles. The average molecular weight is 190 g/mol. The fraction of sp³-hybridized carbons (Fsp3) is 1.00. The van der Waals surface area contributed by atoms with Crippen LogP contribution in [0.5, 0.6) is 0 Å². The molecule has 0 aliphatic rings. The minimum atomic E-state index is -4.64. The second-order valence-electron chi connectivity index (χ2n) is 1.22. The Morgan fingerprint density at radius 2 is 1.10 bits per heavy atom. The van der Waals surface area contributed by atoms with Crippen molar-refractivity contribution >= 4 is 66.9 Å². The molecule has 0 rings (SSSR count). The quantitative estimate of drug-likeness (QED) is 0.345. The van der Waals surface area contributed by atoms with E-state index in [0.717, 1.165) is 0 Å². The van der Waals surface area contributed by atoms with E-state index in [-0.39, 0.29) is 59.1 Å². The summed E-state index contributed by atoms with van der Waals surface area (Å²) in [6.45, 7) is 4.25. The molecule has 0 saturated heterocycles. The van der Waals surface area contributed by atoms with Crippen LogP contribution in [-0.4, -0.2) is 73.8 Å². The molecular formula is C3H13Na2O4P. The van der Waals surface area contributed by atoms with E-state index in [1.807, 2.05) is 0 Å². The summed E-state index contributed by atoms with van der Waals surface area (Å²) in [6, 6.07) is 0. The van der Waals surface area contributed by atoms with Gasteiger partial charge in [0.15, 0.2) is 0 Å². The molecular weight excluding hydrogens is 177 g/mol. The van der Waals surface area contributed by atoms with Crippen molar-refractivity contribution in [3.05, 3.63) is 0 Å². The van der Waals surface area contributed by atoms with Crippen LogP contribution in [0.2, 0.25) is 0 Å². The molecule has 0 unspecified atom stereocenters. The Balaban J connectivity index is -0.0000000326. The second kappa shape index (κ2) is 13.7. The van der Waals surface area contributed by atoms with Gasteiger partial charge in [0.05, 0.1) is 0 Å². The maximum atomic E-state index is 8.88. The molecule has 4 nitrogen and oxygen atoms in total. The summed E-state index contributed by atoms with van der Waals surface area (Å²) in [5.74, 6) is 0. The summed E-state index contributed by atoms with van der Waals surface area (Å²) in [5.41, 5.74) is 0. The summed E-state index contributed by atoms with van der Waals surface area (Å²) in [7, 11) is -4.64. The molecule has 0 aromatic heterocycles. The number of rotatable bonds is 0. The molecule has 0 aliphatic heterocycles. The maximum absolute atomic E-state index is 8.88. The monoisotopic (exact) mass is 190 g/mol. The van der Waals surface area contributed by atoms with Crippen molar-refractivity contribution in [3.8, 4) is 0 Å². The Bertz CT molecular complexity index is 74.3. The zero-order valence-corrected chi connectivity index (χ0v) is 5.80. The van der Waals surface area contributed by atoms with Crippen LogP contribution in [0.3, 0.4) is 0 Å². The zero-order chi connectivity index (χ0) is 7.21. The normalized spacial score (nSPS) is 7.70. The van der Waals surface area contributed by atoms with E-state index in [1.54, 1.807) is 0 Å². The molecule has 0 amide bonds. The number of hydrogen-bond acceptors (Lipinski definition) is 1. The van der Waals surface area contributed by atoms with Crippen LogP contribution in [-0.2, 0) is 4.57 Å². The predicted octanol–water partition coefficient (Wildman–Crippen LogP) is -0.809. The average Bonchev–Trinajstić information content (AvgIpc) is 1.27. The van der Waals surface area contributed by atoms with E-state index in [2.05, 4.69) is 13.8 Å². The van der Waals surface area contributed by atoms with Gasteiger partial charge in [0.2, 0.25) is 0 Å². The Kier molecular flexibility index (Phi) is 31.1. The van der Waals surface area contributed by atoms with Crippen molar-refractivity contribution in [2.75, 3.05) is 0 Å². The van der Waals surface area contributed by atoms with Gasteiger partial charge in [-0.1, -0.05) is 20.3 Å². The molecule has 0 heterocycles.